The van der Waals surface area contributed by atoms with Crippen LogP contribution in [0.3, 0.4) is 0 Å². The van der Waals surface area contributed by atoms with E-state index in [2.05, 4.69) is 28.7 Å². The van der Waals surface area contributed by atoms with Gasteiger partial charge in [0.2, 0.25) is 0 Å². The minimum atomic E-state index is -1.12. The van der Waals surface area contributed by atoms with Crippen LogP contribution in [0.1, 0.15) is 43.6 Å². The van der Waals surface area contributed by atoms with E-state index in [0.29, 0.717) is 18.4 Å². The van der Waals surface area contributed by atoms with Crippen molar-refractivity contribution in [1.29, 1.82) is 5.26 Å². The Bertz CT molecular complexity index is 842. The number of hydrogen-bond acceptors (Lipinski definition) is 6. The van der Waals surface area contributed by atoms with Gasteiger partial charge in [0.25, 0.3) is 11.7 Å². The maximum atomic E-state index is 12.9. The van der Waals surface area contributed by atoms with Gasteiger partial charge in [-0.2, -0.15) is 5.26 Å². The molecule has 1 fully saturated rings. The first kappa shape index (κ1) is 19.9. The van der Waals surface area contributed by atoms with Crippen LogP contribution in [0.2, 0.25) is 0 Å². The number of hydrogen-bond donors (Lipinski definition) is 2. The van der Waals surface area contributed by atoms with E-state index in [1.54, 1.807) is 12.1 Å². The highest BCUT2D eigenvalue weighted by Gasteiger charge is 2.48. The molecule has 2 unspecified atom stereocenters. The number of nitriles is 1. The number of thiocarbonyl (C=S) groups is 1. The predicted molar refractivity (Wildman–Crippen MR) is 110 cm³/mol. The Labute approximate surface area is 176 Å². The van der Waals surface area contributed by atoms with E-state index in [9.17, 15) is 15.2 Å². The predicted octanol–water partition coefficient (Wildman–Crippen LogP) is 3.80. The second-order valence-electron chi connectivity index (χ2n) is 6.69. The lowest BCUT2D eigenvalue weighted by Gasteiger charge is -2.40. The second kappa shape index (κ2) is 8.02. The average molecular weight is 498 g/mol. The van der Waals surface area contributed by atoms with Crippen molar-refractivity contribution in [2.75, 3.05) is 0 Å². The van der Waals surface area contributed by atoms with Crippen molar-refractivity contribution in [2.45, 2.75) is 43.8 Å². The third-order valence-corrected chi connectivity index (χ3v) is 6.19. The highest BCUT2D eigenvalue weighted by Crippen LogP contribution is 2.44. The van der Waals surface area contributed by atoms with Gasteiger partial charge in [0.15, 0.2) is 0 Å². The smallest absolute Gasteiger partial charge is 0.345 e. The molecule has 2 aliphatic rings. The normalized spacial score (nSPS) is 21.0. The van der Waals surface area contributed by atoms with E-state index < -0.39 is 29.5 Å². The third kappa shape index (κ3) is 3.89. The molecule has 142 valence electrons. The molecule has 0 radical (unpaired) electrons. The Balaban J connectivity index is 2.10. The largest absolute Gasteiger partial charge is 0.480 e. The molecule has 1 spiro atoms. The van der Waals surface area contributed by atoms with Crippen LogP contribution in [0.4, 0.5) is 0 Å². The standard InChI is InChI=1S/C19H19IN2O4S/c20-13-7-3-2-6-11(13)14(12(10-21)16(22)27)15-17(23)25-19(26-18(15)24)8-4-1-5-9-19/h2-3,6-7,12,14,23H,1,4-5,8-9H2,(H2,22,27). The molecule has 1 saturated carbocycles. The van der Waals surface area contributed by atoms with Crippen molar-refractivity contribution >= 4 is 45.8 Å². The van der Waals surface area contributed by atoms with E-state index in [0.717, 1.165) is 22.8 Å². The molecule has 1 aliphatic heterocycles. The highest BCUT2D eigenvalue weighted by atomic mass is 127. The van der Waals surface area contributed by atoms with Gasteiger partial charge in [-0.1, -0.05) is 36.8 Å². The van der Waals surface area contributed by atoms with Crippen LogP contribution in [0.15, 0.2) is 35.8 Å². The molecular weight excluding hydrogens is 479 g/mol. The third-order valence-electron chi connectivity index (χ3n) is 4.96. The summed E-state index contributed by atoms with van der Waals surface area (Å²) in [5.41, 5.74) is 6.31. The molecule has 3 rings (SSSR count). The summed E-state index contributed by atoms with van der Waals surface area (Å²) in [7, 11) is 0. The van der Waals surface area contributed by atoms with E-state index in [-0.39, 0.29) is 10.6 Å². The van der Waals surface area contributed by atoms with Crippen molar-refractivity contribution in [2.24, 2.45) is 11.7 Å². The number of nitrogens with two attached hydrogens (primary N) is 1. The number of benzene rings is 1. The molecule has 0 amide bonds. The lowest BCUT2D eigenvalue weighted by Crippen LogP contribution is -2.45. The Hall–Kier alpha value is -1.86. The molecule has 27 heavy (non-hydrogen) atoms. The van der Waals surface area contributed by atoms with Crippen LogP contribution in [-0.2, 0) is 14.3 Å². The summed E-state index contributed by atoms with van der Waals surface area (Å²) >= 11 is 7.16. The van der Waals surface area contributed by atoms with E-state index in [1.165, 1.54) is 0 Å². The maximum Gasteiger partial charge on any atom is 0.345 e. The molecule has 0 saturated heterocycles. The number of esters is 1. The van der Waals surface area contributed by atoms with Crippen LogP contribution >= 0.6 is 34.8 Å². The van der Waals surface area contributed by atoms with Gasteiger partial charge >= 0.3 is 5.97 Å². The molecule has 0 bridgehead atoms. The summed E-state index contributed by atoms with van der Waals surface area (Å²) < 4.78 is 12.2. The lowest BCUT2D eigenvalue weighted by molar-refractivity contribution is -0.250. The fourth-order valence-electron chi connectivity index (χ4n) is 3.65. The summed E-state index contributed by atoms with van der Waals surface area (Å²) in [6.07, 6.45) is 3.79. The topological polar surface area (TPSA) is 106 Å². The van der Waals surface area contributed by atoms with Crippen LogP contribution in [0.5, 0.6) is 0 Å². The van der Waals surface area contributed by atoms with Crippen LogP contribution in [0.25, 0.3) is 0 Å². The van der Waals surface area contributed by atoms with Crippen LogP contribution in [-0.4, -0.2) is 21.9 Å². The van der Waals surface area contributed by atoms with E-state index in [1.807, 2.05) is 12.1 Å². The van der Waals surface area contributed by atoms with Crippen LogP contribution < -0.4 is 5.73 Å². The molecule has 2 atom stereocenters. The number of halogens is 1. The molecule has 1 aliphatic carbocycles. The SMILES string of the molecule is N#CC(C(N)=S)C(C1=C(O)OC2(CCCCC2)OC1=O)c1ccccc1I. The first-order chi connectivity index (χ1) is 12.9. The quantitative estimate of drug-likeness (QED) is 0.370. The number of aliphatic hydroxyl groups excluding tert-OH is 1. The second-order valence-corrected chi connectivity index (χ2v) is 8.32. The average Bonchev–Trinajstić information content (AvgIpc) is 2.61. The summed E-state index contributed by atoms with van der Waals surface area (Å²) in [5, 5.41) is 20.3. The van der Waals surface area contributed by atoms with Gasteiger partial charge in [-0.25, -0.2) is 4.79 Å². The van der Waals surface area contributed by atoms with Gasteiger partial charge in [0.1, 0.15) is 11.5 Å². The molecule has 3 N–H and O–H groups in total. The number of carbonyl (C=O) groups is 1. The zero-order valence-electron chi connectivity index (χ0n) is 14.5. The maximum absolute atomic E-state index is 12.9. The molecule has 1 aromatic carbocycles. The van der Waals surface area contributed by atoms with Crippen molar-refractivity contribution in [3.05, 3.63) is 44.9 Å². The number of aliphatic hydroxyl groups is 1. The Morgan fingerprint density at radius 3 is 2.52 bits per heavy atom. The van der Waals surface area contributed by atoms with Crippen LogP contribution in [0, 0.1) is 20.8 Å². The Morgan fingerprint density at radius 1 is 1.30 bits per heavy atom. The van der Waals surface area contributed by atoms with Crippen molar-refractivity contribution in [3.63, 3.8) is 0 Å². The van der Waals surface area contributed by atoms with Gasteiger partial charge in [0, 0.05) is 22.3 Å². The number of carbonyl (C=O) groups excluding carboxylic acids is 1. The Morgan fingerprint density at radius 2 is 1.96 bits per heavy atom. The molecule has 1 aromatic rings. The summed E-state index contributed by atoms with van der Waals surface area (Å²) in [6.45, 7) is 0. The zero-order chi connectivity index (χ0) is 19.6. The highest BCUT2D eigenvalue weighted by molar-refractivity contribution is 14.1. The molecule has 8 heteroatoms. The monoisotopic (exact) mass is 498 g/mol. The fourth-order valence-corrected chi connectivity index (χ4v) is 4.56. The molecule has 0 aromatic heterocycles. The summed E-state index contributed by atoms with van der Waals surface area (Å²) in [4.78, 5) is 12.9. The number of ether oxygens (including phenoxy) is 2. The lowest BCUT2D eigenvalue weighted by atomic mass is 9.80. The first-order valence-electron chi connectivity index (χ1n) is 8.67. The minimum Gasteiger partial charge on any atom is -0.480 e. The first-order valence-corrected chi connectivity index (χ1v) is 10.2. The van der Waals surface area contributed by atoms with Gasteiger partial charge < -0.3 is 20.3 Å². The van der Waals surface area contributed by atoms with Crippen molar-refractivity contribution in [3.8, 4) is 6.07 Å². The van der Waals surface area contributed by atoms with Crippen molar-refractivity contribution in [1.82, 2.24) is 0 Å². The Kier molecular flexibility index (Phi) is 5.91. The van der Waals surface area contributed by atoms with Gasteiger partial charge in [-0.05, 0) is 47.1 Å². The number of nitrogens with zero attached hydrogens (tertiary/aromatic N) is 1. The molecular formula is C19H19IN2O4S. The number of rotatable bonds is 4. The van der Waals surface area contributed by atoms with Gasteiger partial charge in [0.05, 0.1) is 11.1 Å². The summed E-state index contributed by atoms with van der Waals surface area (Å²) in [5.74, 6) is -4.20. The molecule has 1 heterocycles. The van der Waals surface area contributed by atoms with Gasteiger partial charge in [-0.15, -0.1) is 0 Å². The van der Waals surface area contributed by atoms with Crippen molar-refractivity contribution < 1.29 is 19.4 Å². The fraction of sp³-hybridized carbons (Fsp3) is 0.421. The van der Waals surface area contributed by atoms with E-state index in [4.69, 9.17) is 27.4 Å². The van der Waals surface area contributed by atoms with E-state index >= 15 is 0 Å². The zero-order valence-corrected chi connectivity index (χ0v) is 17.5. The molecule has 6 nitrogen and oxygen atoms in total. The van der Waals surface area contributed by atoms with Gasteiger partial charge in [-0.3, -0.25) is 0 Å². The minimum absolute atomic E-state index is 0.0618. The summed E-state index contributed by atoms with van der Waals surface area (Å²) in [6, 6.07) is 9.29.